The van der Waals surface area contributed by atoms with Crippen LogP contribution in [0.15, 0.2) is 36.8 Å². The van der Waals surface area contributed by atoms with Crippen LogP contribution in [0, 0.1) is 0 Å². The van der Waals surface area contributed by atoms with Gasteiger partial charge in [-0.3, -0.25) is 4.98 Å². The first-order chi connectivity index (χ1) is 7.07. The van der Waals surface area contributed by atoms with Crippen molar-refractivity contribution < 1.29 is 13.2 Å². The number of rotatable bonds is 1. The standard InChI is InChI=1S/C10H7F3N2/c11-10(12,13)8-2-4-15-9(5-8)7-1-3-14-6-7/h1-6,14H. The third-order valence-electron chi connectivity index (χ3n) is 1.98. The Bertz CT molecular complexity index is 446. The highest BCUT2D eigenvalue weighted by molar-refractivity contribution is 5.58. The Hall–Kier alpha value is -1.78. The number of pyridine rings is 1. The molecule has 15 heavy (non-hydrogen) atoms. The first-order valence-electron chi connectivity index (χ1n) is 4.24. The molecule has 78 valence electrons. The van der Waals surface area contributed by atoms with Crippen LogP contribution in [-0.2, 0) is 6.18 Å². The molecule has 0 bridgehead atoms. The normalized spacial score (nSPS) is 11.7. The number of hydrogen-bond acceptors (Lipinski definition) is 1. The minimum absolute atomic E-state index is 0.311. The van der Waals surface area contributed by atoms with Crippen molar-refractivity contribution in [3.8, 4) is 11.3 Å². The van der Waals surface area contributed by atoms with E-state index in [0.29, 0.717) is 11.3 Å². The highest BCUT2D eigenvalue weighted by atomic mass is 19.4. The van der Waals surface area contributed by atoms with E-state index in [0.717, 1.165) is 18.3 Å². The van der Waals surface area contributed by atoms with Crippen LogP contribution in [0.5, 0.6) is 0 Å². The van der Waals surface area contributed by atoms with Crippen LogP contribution in [0.3, 0.4) is 0 Å². The van der Waals surface area contributed by atoms with Crippen molar-refractivity contribution in [2.75, 3.05) is 0 Å². The summed E-state index contributed by atoms with van der Waals surface area (Å²) in [5, 5.41) is 0. The number of H-pyrrole nitrogens is 1. The summed E-state index contributed by atoms with van der Waals surface area (Å²) in [6, 6.07) is 3.65. The molecule has 0 spiro atoms. The third kappa shape index (κ3) is 2.01. The van der Waals surface area contributed by atoms with Crippen molar-refractivity contribution in [1.29, 1.82) is 0 Å². The van der Waals surface area contributed by atoms with Crippen LogP contribution in [0.1, 0.15) is 5.56 Å². The van der Waals surface area contributed by atoms with Crippen LogP contribution in [0.4, 0.5) is 13.2 Å². The summed E-state index contributed by atoms with van der Waals surface area (Å²) >= 11 is 0. The van der Waals surface area contributed by atoms with Crippen LogP contribution in [0.25, 0.3) is 11.3 Å². The summed E-state index contributed by atoms with van der Waals surface area (Å²) in [5.74, 6) is 0. The van der Waals surface area contributed by atoms with Gasteiger partial charge in [0.05, 0.1) is 11.3 Å². The fourth-order valence-corrected chi connectivity index (χ4v) is 1.25. The van der Waals surface area contributed by atoms with E-state index in [1.807, 2.05) is 0 Å². The number of nitrogens with zero attached hydrogens (tertiary/aromatic N) is 1. The van der Waals surface area contributed by atoms with E-state index in [-0.39, 0.29) is 0 Å². The maximum Gasteiger partial charge on any atom is 0.416 e. The molecule has 0 atom stereocenters. The van der Waals surface area contributed by atoms with Crippen molar-refractivity contribution in [1.82, 2.24) is 9.97 Å². The van der Waals surface area contributed by atoms with E-state index in [1.54, 1.807) is 18.5 Å². The van der Waals surface area contributed by atoms with Crippen molar-refractivity contribution in [3.05, 3.63) is 42.4 Å². The van der Waals surface area contributed by atoms with E-state index in [1.165, 1.54) is 0 Å². The van der Waals surface area contributed by atoms with Gasteiger partial charge in [0.25, 0.3) is 0 Å². The molecular weight excluding hydrogens is 205 g/mol. The molecule has 2 nitrogen and oxygen atoms in total. The Balaban J connectivity index is 2.44. The van der Waals surface area contributed by atoms with Crippen LogP contribution in [-0.4, -0.2) is 9.97 Å². The first kappa shape index (κ1) is 9.76. The van der Waals surface area contributed by atoms with Gasteiger partial charge in [-0.25, -0.2) is 0 Å². The average molecular weight is 212 g/mol. The molecule has 2 aromatic rings. The Morgan fingerprint density at radius 1 is 1.20 bits per heavy atom. The molecule has 0 aliphatic carbocycles. The smallest absolute Gasteiger partial charge is 0.367 e. The molecule has 1 N–H and O–H groups in total. The SMILES string of the molecule is FC(F)(F)c1ccnc(-c2cc[nH]c2)c1. The van der Waals surface area contributed by atoms with Crippen molar-refractivity contribution in [2.24, 2.45) is 0 Å². The lowest BCUT2D eigenvalue weighted by Gasteiger charge is -2.06. The second-order valence-electron chi connectivity index (χ2n) is 3.03. The number of aromatic amines is 1. The third-order valence-corrected chi connectivity index (χ3v) is 1.98. The summed E-state index contributed by atoms with van der Waals surface area (Å²) < 4.78 is 37.1. The summed E-state index contributed by atoms with van der Waals surface area (Å²) in [6.07, 6.45) is 0.0684. The van der Waals surface area contributed by atoms with Gasteiger partial charge in [-0.1, -0.05) is 0 Å². The fraction of sp³-hybridized carbons (Fsp3) is 0.100. The lowest BCUT2D eigenvalue weighted by molar-refractivity contribution is -0.137. The molecule has 0 aliphatic heterocycles. The quantitative estimate of drug-likeness (QED) is 0.773. The summed E-state index contributed by atoms with van der Waals surface area (Å²) in [4.78, 5) is 6.64. The van der Waals surface area contributed by atoms with E-state index < -0.39 is 11.7 Å². The molecule has 5 heteroatoms. The van der Waals surface area contributed by atoms with Gasteiger partial charge in [-0.2, -0.15) is 13.2 Å². The van der Waals surface area contributed by atoms with Gasteiger partial charge in [0.2, 0.25) is 0 Å². The molecule has 2 heterocycles. The van der Waals surface area contributed by atoms with Gasteiger partial charge >= 0.3 is 6.18 Å². The van der Waals surface area contributed by atoms with Crippen molar-refractivity contribution in [2.45, 2.75) is 6.18 Å². The molecule has 2 rings (SSSR count). The molecule has 0 aromatic carbocycles. The zero-order valence-corrected chi connectivity index (χ0v) is 7.55. The van der Waals surface area contributed by atoms with Gasteiger partial charge in [0.15, 0.2) is 0 Å². The van der Waals surface area contributed by atoms with E-state index in [4.69, 9.17) is 0 Å². The van der Waals surface area contributed by atoms with Crippen LogP contribution < -0.4 is 0 Å². The molecule has 2 aromatic heterocycles. The van der Waals surface area contributed by atoms with E-state index >= 15 is 0 Å². The topological polar surface area (TPSA) is 28.7 Å². The fourth-order valence-electron chi connectivity index (χ4n) is 1.25. The second-order valence-corrected chi connectivity index (χ2v) is 3.03. The summed E-state index contributed by atoms with van der Waals surface area (Å²) in [6.45, 7) is 0. The van der Waals surface area contributed by atoms with E-state index in [2.05, 4.69) is 9.97 Å². The molecular formula is C10H7F3N2. The monoisotopic (exact) mass is 212 g/mol. The Morgan fingerprint density at radius 2 is 2.00 bits per heavy atom. The largest absolute Gasteiger partial charge is 0.416 e. The Kier molecular flexibility index (Phi) is 2.22. The van der Waals surface area contributed by atoms with Gasteiger partial charge in [0.1, 0.15) is 0 Å². The predicted octanol–water partition coefficient (Wildman–Crippen LogP) is 3.10. The van der Waals surface area contributed by atoms with Crippen molar-refractivity contribution >= 4 is 0 Å². The summed E-state index contributed by atoms with van der Waals surface area (Å²) in [5.41, 5.74) is 0.265. The molecule has 0 saturated heterocycles. The highest BCUT2D eigenvalue weighted by Crippen LogP contribution is 2.30. The van der Waals surface area contributed by atoms with E-state index in [9.17, 15) is 13.2 Å². The molecule has 0 saturated carbocycles. The minimum atomic E-state index is -4.33. The number of hydrogen-bond donors (Lipinski definition) is 1. The van der Waals surface area contributed by atoms with Crippen molar-refractivity contribution in [3.63, 3.8) is 0 Å². The molecule has 0 fully saturated rings. The lowest BCUT2D eigenvalue weighted by Crippen LogP contribution is -2.05. The number of alkyl halides is 3. The maximum absolute atomic E-state index is 12.4. The minimum Gasteiger partial charge on any atom is -0.367 e. The lowest BCUT2D eigenvalue weighted by atomic mass is 10.1. The molecule has 0 radical (unpaired) electrons. The Labute approximate surface area is 83.8 Å². The van der Waals surface area contributed by atoms with Gasteiger partial charge in [-0.05, 0) is 18.2 Å². The zero-order chi connectivity index (χ0) is 10.9. The second kappa shape index (κ2) is 3.42. The molecule has 0 unspecified atom stereocenters. The maximum atomic E-state index is 12.4. The van der Waals surface area contributed by atoms with Gasteiger partial charge in [-0.15, -0.1) is 0 Å². The number of nitrogens with one attached hydrogen (secondary N) is 1. The summed E-state index contributed by atoms with van der Waals surface area (Å²) in [7, 11) is 0. The van der Waals surface area contributed by atoms with Crippen LogP contribution in [0.2, 0.25) is 0 Å². The van der Waals surface area contributed by atoms with Gasteiger partial charge < -0.3 is 4.98 Å². The average Bonchev–Trinajstić information content (AvgIpc) is 2.69. The number of halogens is 3. The predicted molar refractivity (Wildman–Crippen MR) is 49.0 cm³/mol. The Morgan fingerprint density at radius 3 is 2.60 bits per heavy atom. The van der Waals surface area contributed by atoms with Crippen LogP contribution >= 0.6 is 0 Å². The first-order valence-corrected chi connectivity index (χ1v) is 4.24. The molecule has 0 aliphatic rings. The highest BCUT2D eigenvalue weighted by Gasteiger charge is 2.30. The molecule has 0 amide bonds. The zero-order valence-electron chi connectivity index (χ0n) is 7.55. The number of aromatic nitrogens is 2. The van der Waals surface area contributed by atoms with Gasteiger partial charge in [0, 0.05) is 24.2 Å².